The van der Waals surface area contributed by atoms with Crippen LogP contribution in [0, 0.1) is 5.92 Å². The molecule has 0 bridgehead atoms. The standard InChI is InChI=1S/C15H23NO/c1-2-12-7-9-14(10-8-12)16-15-6-4-3-5-13(15)11-17/h3-6,12,14,16-17H,2,7-11H2,1H3. The van der Waals surface area contributed by atoms with Gasteiger partial charge in [-0.1, -0.05) is 31.5 Å². The molecule has 0 unspecified atom stereocenters. The van der Waals surface area contributed by atoms with Gasteiger partial charge in [-0.2, -0.15) is 0 Å². The van der Waals surface area contributed by atoms with E-state index in [4.69, 9.17) is 0 Å². The van der Waals surface area contributed by atoms with E-state index in [2.05, 4.69) is 18.3 Å². The zero-order chi connectivity index (χ0) is 12.1. The lowest BCUT2D eigenvalue weighted by molar-refractivity contribution is 0.282. The third kappa shape index (κ3) is 3.22. The highest BCUT2D eigenvalue weighted by Crippen LogP contribution is 2.29. The van der Waals surface area contributed by atoms with Crippen molar-refractivity contribution >= 4 is 5.69 Å². The van der Waals surface area contributed by atoms with Gasteiger partial charge in [0.1, 0.15) is 0 Å². The number of hydrogen-bond donors (Lipinski definition) is 2. The zero-order valence-electron chi connectivity index (χ0n) is 10.7. The molecule has 94 valence electrons. The van der Waals surface area contributed by atoms with Gasteiger partial charge >= 0.3 is 0 Å². The van der Waals surface area contributed by atoms with Crippen molar-refractivity contribution in [1.29, 1.82) is 0 Å². The molecule has 0 saturated heterocycles. The second kappa shape index (κ2) is 6.06. The lowest BCUT2D eigenvalue weighted by Crippen LogP contribution is -2.26. The van der Waals surface area contributed by atoms with Crippen molar-refractivity contribution < 1.29 is 5.11 Å². The van der Waals surface area contributed by atoms with Gasteiger partial charge in [0.2, 0.25) is 0 Å². The molecule has 2 rings (SSSR count). The van der Waals surface area contributed by atoms with Gasteiger partial charge in [-0.25, -0.2) is 0 Å². The Labute approximate surface area is 104 Å². The van der Waals surface area contributed by atoms with Crippen LogP contribution in [0.25, 0.3) is 0 Å². The number of hydrogen-bond acceptors (Lipinski definition) is 2. The van der Waals surface area contributed by atoms with E-state index >= 15 is 0 Å². The van der Waals surface area contributed by atoms with E-state index in [9.17, 15) is 5.11 Å². The van der Waals surface area contributed by atoms with Crippen molar-refractivity contribution in [1.82, 2.24) is 0 Å². The number of rotatable bonds is 4. The minimum absolute atomic E-state index is 0.119. The molecule has 1 aromatic rings. The quantitative estimate of drug-likeness (QED) is 0.833. The van der Waals surface area contributed by atoms with E-state index in [1.54, 1.807) is 0 Å². The predicted octanol–water partition coefficient (Wildman–Crippen LogP) is 3.56. The number of para-hydroxylation sites is 1. The van der Waals surface area contributed by atoms with Crippen LogP contribution in [-0.4, -0.2) is 11.1 Å². The van der Waals surface area contributed by atoms with Gasteiger partial charge in [0.05, 0.1) is 6.61 Å². The molecule has 0 heterocycles. The third-order valence-electron chi connectivity index (χ3n) is 3.97. The van der Waals surface area contributed by atoms with Gasteiger partial charge in [0, 0.05) is 17.3 Å². The third-order valence-corrected chi connectivity index (χ3v) is 3.97. The van der Waals surface area contributed by atoms with Gasteiger partial charge in [0.25, 0.3) is 0 Å². The molecule has 1 fully saturated rings. The summed E-state index contributed by atoms with van der Waals surface area (Å²) in [6, 6.07) is 8.65. The van der Waals surface area contributed by atoms with Crippen molar-refractivity contribution in [3.63, 3.8) is 0 Å². The van der Waals surface area contributed by atoms with Gasteiger partial charge in [-0.05, 0) is 37.7 Å². The minimum Gasteiger partial charge on any atom is -0.392 e. The summed E-state index contributed by atoms with van der Waals surface area (Å²) in [4.78, 5) is 0. The molecule has 0 amide bonds. The number of aliphatic hydroxyl groups is 1. The fourth-order valence-corrected chi connectivity index (χ4v) is 2.73. The number of nitrogens with one attached hydrogen (secondary N) is 1. The molecule has 0 aromatic heterocycles. The SMILES string of the molecule is CCC1CCC(Nc2ccccc2CO)CC1. The largest absolute Gasteiger partial charge is 0.392 e. The molecule has 17 heavy (non-hydrogen) atoms. The Kier molecular flexibility index (Phi) is 4.43. The molecule has 0 spiro atoms. The Morgan fingerprint density at radius 2 is 1.88 bits per heavy atom. The van der Waals surface area contributed by atoms with Crippen LogP contribution in [0.5, 0.6) is 0 Å². The van der Waals surface area contributed by atoms with Crippen LogP contribution in [0.1, 0.15) is 44.6 Å². The summed E-state index contributed by atoms with van der Waals surface area (Å²) in [5, 5.41) is 12.9. The monoisotopic (exact) mass is 233 g/mol. The van der Waals surface area contributed by atoms with Crippen molar-refractivity contribution in [2.24, 2.45) is 5.92 Å². The van der Waals surface area contributed by atoms with Crippen molar-refractivity contribution in [3.8, 4) is 0 Å². The fraction of sp³-hybridized carbons (Fsp3) is 0.600. The van der Waals surface area contributed by atoms with Crippen molar-refractivity contribution in [2.45, 2.75) is 51.7 Å². The first kappa shape index (κ1) is 12.4. The topological polar surface area (TPSA) is 32.3 Å². The average Bonchev–Trinajstić information content (AvgIpc) is 2.40. The molecule has 1 aromatic carbocycles. The lowest BCUT2D eigenvalue weighted by Gasteiger charge is -2.29. The summed E-state index contributed by atoms with van der Waals surface area (Å²) in [7, 11) is 0. The summed E-state index contributed by atoms with van der Waals surface area (Å²) in [5.74, 6) is 0.932. The Bertz CT molecular complexity index is 343. The number of aliphatic hydroxyl groups excluding tert-OH is 1. The van der Waals surface area contributed by atoms with E-state index in [0.29, 0.717) is 6.04 Å². The second-order valence-electron chi connectivity index (χ2n) is 5.09. The summed E-state index contributed by atoms with van der Waals surface area (Å²) in [5.41, 5.74) is 2.11. The molecule has 0 aliphatic heterocycles. The lowest BCUT2D eigenvalue weighted by atomic mass is 9.84. The maximum absolute atomic E-state index is 9.29. The molecule has 0 atom stereocenters. The van der Waals surface area contributed by atoms with Crippen LogP contribution >= 0.6 is 0 Å². The van der Waals surface area contributed by atoms with Crippen molar-refractivity contribution in [3.05, 3.63) is 29.8 Å². The molecule has 1 saturated carbocycles. The number of anilines is 1. The van der Waals surface area contributed by atoms with Crippen LogP contribution in [-0.2, 0) is 6.61 Å². The first-order valence-electron chi connectivity index (χ1n) is 6.78. The molecular formula is C15H23NO. The van der Waals surface area contributed by atoms with Crippen molar-refractivity contribution in [2.75, 3.05) is 5.32 Å². The molecule has 2 nitrogen and oxygen atoms in total. The molecule has 1 aliphatic carbocycles. The first-order chi connectivity index (χ1) is 8.33. The van der Waals surface area contributed by atoms with Gasteiger partial charge < -0.3 is 10.4 Å². The van der Waals surface area contributed by atoms with E-state index in [0.717, 1.165) is 17.2 Å². The second-order valence-corrected chi connectivity index (χ2v) is 5.09. The van der Waals surface area contributed by atoms with Crippen LogP contribution in [0.15, 0.2) is 24.3 Å². The Hall–Kier alpha value is -1.02. The van der Waals surface area contributed by atoms with Gasteiger partial charge in [-0.15, -0.1) is 0 Å². The molecule has 2 N–H and O–H groups in total. The predicted molar refractivity (Wildman–Crippen MR) is 72.0 cm³/mol. The minimum atomic E-state index is 0.119. The smallest absolute Gasteiger partial charge is 0.0701 e. The van der Waals surface area contributed by atoms with Gasteiger partial charge in [0.15, 0.2) is 0 Å². The summed E-state index contributed by atoms with van der Waals surface area (Å²) in [6.45, 7) is 2.41. The average molecular weight is 233 g/mol. The summed E-state index contributed by atoms with van der Waals surface area (Å²) >= 11 is 0. The summed E-state index contributed by atoms with van der Waals surface area (Å²) in [6.07, 6.45) is 6.53. The molecule has 2 heteroatoms. The molecule has 0 radical (unpaired) electrons. The van der Waals surface area contributed by atoms with E-state index in [1.165, 1.54) is 32.1 Å². The first-order valence-corrected chi connectivity index (χ1v) is 6.78. The zero-order valence-corrected chi connectivity index (χ0v) is 10.7. The maximum Gasteiger partial charge on any atom is 0.0701 e. The Balaban J connectivity index is 1.93. The molecular weight excluding hydrogens is 210 g/mol. The van der Waals surface area contributed by atoms with E-state index < -0.39 is 0 Å². The highest BCUT2D eigenvalue weighted by atomic mass is 16.3. The van der Waals surface area contributed by atoms with Crippen LogP contribution < -0.4 is 5.32 Å². The normalized spacial score (nSPS) is 24.6. The van der Waals surface area contributed by atoms with Crippen LogP contribution in [0.3, 0.4) is 0 Å². The molecule has 1 aliphatic rings. The van der Waals surface area contributed by atoms with E-state index in [1.807, 2.05) is 18.2 Å². The number of benzene rings is 1. The van der Waals surface area contributed by atoms with E-state index in [-0.39, 0.29) is 6.61 Å². The Morgan fingerprint density at radius 1 is 1.18 bits per heavy atom. The Morgan fingerprint density at radius 3 is 2.53 bits per heavy atom. The fourth-order valence-electron chi connectivity index (χ4n) is 2.73. The summed E-state index contributed by atoms with van der Waals surface area (Å²) < 4.78 is 0. The maximum atomic E-state index is 9.29. The van der Waals surface area contributed by atoms with Crippen LogP contribution in [0.2, 0.25) is 0 Å². The van der Waals surface area contributed by atoms with Crippen LogP contribution in [0.4, 0.5) is 5.69 Å². The highest BCUT2D eigenvalue weighted by Gasteiger charge is 2.20. The highest BCUT2D eigenvalue weighted by molar-refractivity contribution is 5.51. The van der Waals surface area contributed by atoms with Gasteiger partial charge in [-0.3, -0.25) is 0 Å².